The van der Waals surface area contributed by atoms with Crippen LogP contribution in [0.2, 0.25) is 0 Å². The maximum Gasteiger partial charge on any atom is 0.408 e. The molecule has 1 N–H and O–H groups in total. The highest BCUT2D eigenvalue weighted by Crippen LogP contribution is 2.54. The lowest BCUT2D eigenvalue weighted by atomic mass is 9.76. The summed E-state index contributed by atoms with van der Waals surface area (Å²) in [5.74, 6) is 0. The number of benzene rings is 1. The molecule has 2 saturated heterocycles. The molecule has 0 spiro atoms. The van der Waals surface area contributed by atoms with Crippen LogP contribution in [0.3, 0.4) is 0 Å². The molecule has 0 saturated carbocycles. The maximum atomic E-state index is 12.2. The van der Waals surface area contributed by atoms with Crippen LogP contribution in [-0.4, -0.2) is 45.2 Å². The third kappa shape index (κ3) is 2.53. The van der Waals surface area contributed by atoms with Crippen LogP contribution in [0.15, 0.2) is 30.3 Å². The van der Waals surface area contributed by atoms with E-state index in [0.717, 1.165) is 18.4 Å². The van der Waals surface area contributed by atoms with E-state index in [2.05, 4.69) is 24.1 Å². The van der Waals surface area contributed by atoms with Gasteiger partial charge in [0.15, 0.2) is 0 Å². The number of rotatable bonds is 3. The van der Waals surface area contributed by atoms with Crippen molar-refractivity contribution in [1.29, 1.82) is 0 Å². The van der Waals surface area contributed by atoms with E-state index in [4.69, 9.17) is 0 Å². The minimum Gasteiger partial charge on any atom is -0.465 e. The maximum absolute atomic E-state index is 12.2. The molecule has 2 bridgehead atoms. The fourth-order valence-corrected chi connectivity index (χ4v) is 4.79. The summed E-state index contributed by atoms with van der Waals surface area (Å²) in [6.45, 7) is 5.99. The van der Waals surface area contributed by atoms with Crippen molar-refractivity contribution in [3.05, 3.63) is 35.9 Å². The fraction of sp³-hybridized carbons (Fsp3) is 0.632. The molecule has 1 atom stereocenters. The van der Waals surface area contributed by atoms with Crippen LogP contribution in [0.25, 0.3) is 0 Å². The zero-order valence-corrected chi connectivity index (χ0v) is 14.6. The van der Waals surface area contributed by atoms with Gasteiger partial charge in [0, 0.05) is 17.1 Å². The Kier molecular flexibility index (Phi) is 3.91. The van der Waals surface area contributed by atoms with Gasteiger partial charge in [0.25, 0.3) is 0 Å². The lowest BCUT2D eigenvalue weighted by Gasteiger charge is -2.49. The Labute approximate surface area is 139 Å². The summed E-state index contributed by atoms with van der Waals surface area (Å²) < 4.78 is 0. The second-order valence-corrected chi connectivity index (χ2v) is 8.08. The second-order valence-electron chi connectivity index (χ2n) is 8.08. The molecule has 2 fully saturated rings. The zero-order valence-electron chi connectivity index (χ0n) is 14.6. The van der Waals surface area contributed by atoms with Crippen LogP contribution in [0.4, 0.5) is 4.79 Å². The number of hydrogen-bond acceptors (Lipinski definition) is 2. The summed E-state index contributed by atoms with van der Waals surface area (Å²) in [6, 6.07) is 10.7. The van der Waals surface area contributed by atoms with Gasteiger partial charge in [-0.15, -0.1) is 0 Å². The van der Waals surface area contributed by atoms with Crippen molar-refractivity contribution in [2.75, 3.05) is 7.05 Å². The number of hydrogen-bond donors (Lipinski definition) is 1. The topological polar surface area (TPSA) is 43.8 Å². The number of carbonyl (C=O) groups is 1. The largest absolute Gasteiger partial charge is 0.465 e. The molecule has 0 aliphatic carbocycles. The van der Waals surface area contributed by atoms with Gasteiger partial charge in [-0.1, -0.05) is 30.3 Å². The molecule has 4 nitrogen and oxygen atoms in total. The van der Waals surface area contributed by atoms with E-state index in [1.165, 1.54) is 12.8 Å². The summed E-state index contributed by atoms with van der Waals surface area (Å²) >= 11 is 0. The normalized spacial score (nSPS) is 28.8. The zero-order chi connectivity index (χ0) is 16.8. The van der Waals surface area contributed by atoms with Gasteiger partial charge in [-0.3, -0.25) is 9.80 Å². The van der Waals surface area contributed by atoms with Crippen molar-refractivity contribution in [3.63, 3.8) is 0 Å². The molecule has 1 aromatic carbocycles. The van der Waals surface area contributed by atoms with Gasteiger partial charge in [0.2, 0.25) is 0 Å². The highest BCUT2D eigenvalue weighted by molar-refractivity contribution is 5.67. The van der Waals surface area contributed by atoms with Crippen LogP contribution >= 0.6 is 0 Å². The Hall–Kier alpha value is -1.55. The molecule has 23 heavy (non-hydrogen) atoms. The summed E-state index contributed by atoms with van der Waals surface area (Å²) in [4.78, 5) is 16.4. The van der Waals surface area contributed by atoms with Gasteiger partial charge in [-0.25, -0.2) is 4.79 Å². The van der Waals surface area contributed by atoms with Crippen LogP contribution in [0, 0.1) is 0 Å². The van der Waals surface area contributed by atoms with Crippen molar-refractivity contribution < 1.29 is 9.90 Å². The monoisotopic (exact) mass is 316 g/mol. The van der Waals surface area contributed by atoms with Gasteiger partial charge in [0.1, 0.15) is 0 Å². The highest BCUT2D eigenvalue weighted by atomic mass is 16.4. The summed E-state index contributed by atoms with van der Waals surface area (Å²) in [7, 11) is 2.18. The third-order valence-corrected chi connectivity index (χ3v) is 5.88. The Bertz CT molecular complexity index is 571. The molecule has 1 aromatic rings. The van der Waals surface area contributed by atoms with E-state index in [1.807, 2.05) is 39.0 Å². The third-order valence-electron chi connectivity index (χ3n) is 5.88. The predicted octanol–water partition coefficient (Wildman–Crippen LogP) is 4.13. The number of likely N-dealkylation sites (N-methyl/N-ethyl adjacent to an activating group) is 1. The molecule has 2 aliphatic rings. The van der Waals surface area contributed by atoms with E-state index < -0.39 is 11.6 Å². The molecule has 2 aliphatic heterocycles. The Morgan fingerprint density at radius 2 is 1.83 bits per heavy atom. The average molecular weight is 316 g/mol. The Morgan fingerprint density at radius 3 is 2.22 bits per heavy atom. The molecule has 3 rings (SSSR count). The van der Waals surface area contributed by atoms with E-state index in [-0.39, 0.29) is 11.6 Å². The Balaban J connectivity index is 2.14. The number of fused-ring (bicyclic) bond motifs is 2. The molecule has 2 heterocycles. The van der Waals surface area contributed by atoms with Gasteiger partial charge in [-0.2, -0.15) is 0 Å². The van der Waals surface area contributed by atoms with E-state index in [1.54, 1.807) is 4.90 Å². The SMILES string of the molecule is CN1C2CCC1(C(c1ccccc1)N(C(=O)O)C(C)(C)C)CC2. The molecule has 1 amide bonds. The van der Waals surface area contributed by atoms with Crippen molar-refractivity contribution in [1.82, 2.24) is 9.80 Å². The van der Waals surface area contributed by atoms with Crippen molar-refractivity contribution in [2.24, 2.45) is 0 Å². The van der Waals surface area contributed by atoms with Crippen LogP contribution in [-0.2, 0) is 0 Å². The molecule has 0 aromatic heterocycles. The molecule has 126 valence electrons. The molecular formula is C19H28N2O2. The van der Waals surface area contributed by atoms with Crippen molar-refractivity contribution in [3.8, 4) is 0 Å². The molecule has 1 unspecified atom stereocenters. The molecule has 0 radical (unpaired) electrons. The predicted molar refractivity (Wildman–Crippen MR) is 91.5 cm³/mol. The Morgan fingerprint density at radius 1 is 1.26 bits per heavy atom. The first-order chi connectivity index (χ1) is 10.8. The summed E-state index contributed by atoms with van der Waals surface area (Å²) in [5, 5.41) is 10.0. The van der Waals surface area contributed by atoms with E-state index in [0.29, 0.717) is 6.04 Å². The fourth-order valence-electron chi connectivity index (χ4n) is 4.79. The quantitative estimate of drug-likeness (QED) is 0.911. The number of carboxylic acid groups (broad SMARTS) is 1. The highest BCUT2D eigenvalue weighted by Gasteiger charge is 2.57. The number of nitrogens with zero attached hydrogens (tertiary/aromatic N) is 2. The minimum atomic E-state index is -0.829. The average Bonchev–Trinajstić information content (AvgIpc) is 2.97. The van der Waals surface area contributed by atoms with Crippen molar-refractivity contribution in [2.45, 2.75) is 69.6 Å². The van der Waals surface area contributed by atoms with Crippen LogP contribution in [0.5, 0.6) is 0 Å². The first kappa shape index (κ1) is 16.3. The smallest absolute Gasteiger partial charge is 0.408 e. The standard InChI is InChI=1S/C19H28N2O2/c1-18(2,3)21(17(22)23)16(14-8-6-5-7-9-14)19-12-10-15(11-13-19)20(19)4/h5-9,15-16H,10-13H2,1-4H3,(H,22,23). The second kappa shape index (κ2) is 5.52. The summed E-state index contributed by atoms with van der Waals surface area (Å²) in [5.41, 5.74) is 0.597. The van der Waals surface area contributed by atoms with Gasteiger partial charge in [0.05, 0.1) is 6.04 Å². The van der Waals surface area contributed by atoms with Gasteiger partial charge in [-0.05, 0) is 59.1 Å². The first-order valence-corrected chi connectivity index (χ1v) is 8.57. The summed E-state index contributed by atoms with van der Waals surface area (Å²) in [6.07, 6.45) is 3.68. The number of amides is 1. The van der Waals surface area contributed by atoms with Gasteiger partial charge < -0.3 is 5.11 Å². The van der Waals surface area contributed by atoms with E-state index >= 15 is 0 Å². The molecular weight excluding hydrogens is 288 g/mol. The lowest BCUT2D eigenvalue weighted by Crippen LogP contribution is -2.57. The molecule has 4 heteroatoms. The first-order valence-electron chi connectivity index (χ1n) is 8.57. The van der Waals surface area contributed by atoms with Crippen LogP contribution < -0.4 is 0 Å². The van der Waals surface area contributed by atoms with Gasteiger partial charge >= 0.3 is 6.09 Å². The van der Waals surface area contributed by atoms with E-state index in [9.17, 15) is 9.90 Å². The van der Waals surface area contributed by atoms with Crippen LogP contribution in [0.1, 0.15) is 58.1 Å². The van der Waals surface area contributed by atoms with Crippen molar-refractivity contribution >= 4 is 6.09 Å². The lowest BCUT2D eigenvalue weighted by molar-refractivity contribution is 0.00285. The minimum absolute atomic E-state index is 0.0717.